The van der Waals surface area contributed by atoms with Gasteiger partial charge in [0.1, 0.15) is 12.2 Å². The van der Waals surface area contributed by atoms with E-state index in [1.807, 2.05) is 18.2 Å². The van der Waals surface area contributed by atoms with Gasteiger partial charge in [-0.3, -0.25) is 9.59 Å². The Labute approximate surface area is 149 Å². The number of halogens is 2. The van der Waals surface area contributed by atoms with Crippen LogP contribution in [0.5, 0.6) is 5.75 Å². The first-order valence-electron chi connectivity index (χ1n) is 7.13. The molecule has 2 rings (SSSR count). The van der Waals surface area contributed by atoms with E-state index in [-0.39, 0.29) is 13.0 Å². The van der Waals surface area contributed by atoms with Gasteiger partial charge in [-0.15, -0.1) is 0 Å². The number of methoxy groups -OCH3 is 1. The molecule has 2 aromatic carbocycles. The van der Waals surface area contributed by atoms with Gasteiger partial charge in [0.15, 0.2) is 0 Å². The minimum atomic E-state index is -0.498. The predicted molar refractivity (Wildman–Crippen MR) is 94.5 cm³/mol. The van der Waals surface area contributed by atoms with Gasteiger partial charge >= 0.3 is 0 Å². The van der Waals surface area contributed by atoms with Crippen LogP contribution in [0.15, 0.2) is 42.5 Å². The zero-order valence-electron chi connectivity index (χ0n) is 12.9. The maximum absolute atomic E-state index is 11.9. The Bertz CT molecular complexity index is 730. The molecular formula is C17H16Cl2N2O3. The van der Waals surface area contributed by atoms with E-state index in [1.165, 1.54) is 0 Å². The summed E-state index contributed by atoms with van der Waals surface area (Å²) in [5.74, 6) is -0.241. The fraction of sp³-hybridized carbons (Fsp3) is 0.176. The normalized spacial score (nSPS) is 10.1. The highest BCUT2D eigenvalue weighted by Crippen LogP contribution is 2.29. The smallest absolute Gasteiger partial charge is 0.233 e. The van der Waals surface area contributed by atoms with Gasteiger partial charge in [-0.1, -0.05) is 47.5 Å². The van der Waals surface area contributed by atoms with Crippen molar-refractivity contribution in [2.75, 3.05) is 12.4 Å². The molecule has 0 saturated heterocycles. The zero-order chi connectivity index (χ0) is 17.5. The second-order valence-corrected chi connectivity index (χ2v) is 5.72. The SMILES string of the molecule is COc1ccccc1CNC(=O)CC(=O)Nc1c(Cl)cccc1Cl. The highest BCUT2D eigenvalue weighted by atomic mass is 35.5. The van der Waals surface area contributed by atoms with Gasteiger partial charge < -0.3 is 15.4 Å². The second-order valence-electron chi connectivity index (χ2n) is 4.91. The van der Waals surface area contributed by atoms with Gasteiger partial charge in [0.2, 0.25) is 11.8 Å². The van der Waals surface area contributed by atoms with E-state index < -0.39 is 11.8 Å². The third kappa shape index (κ3) is 4.88. The van der Waals surface area contributed by atoms with E-state index in [4.69, 9.17) is 27.9 Å². The standard InChI is InChI=1S/C17H16Cl2N2O3/c1-24-14-8-3-2-5-11(14)10-20-15(22)9-16(23)21-17-12(18)6-4-7-13(17)19/h2-8H,9-10H2,1H3,(H,20,22)(H,21,23). The van der Waals surface area contributed by atoms with Gasteiger partial charge in [-0.2, -0.15) is 0 Å². The highest BCUT2D eigenvalue weighted by molar-refractivity contribution is 6.39. The van der Waals surface area contributed by atoms with Crippen molar-refractivity contribution < 1.29 is 14.3 Å². The van der Waals surface area contributed by atoms with Crippen molar-refractivity contribution >= 4 is 40.7 Å². The monoisotopic (exact) mass is 366 g/mol. The van der Waals surface area contributed by atoms with Crippen molar-refractivity contribution in [1.29, 1.82) is 0 Å². The molecule has 24 heavy (non-hydrogen) atoms. The lowest BCUT2D eigenvalue weighted by Gasteiger charge is -2.11. The molecule has 5 nitrogen and oxygen atoms in total. The van der Waals surface area contributed by atoms with Crippen LogP contribution in [-0.2, 0) is 16.1 Å². The van der Waals surface area contributed by atoms with E-state index in [2.05, 4.69) is 10.6 Å². The first-order chi connectivity index (χ1) is 11.5. The molecule has 0 unspecified atom stereocenters. The van der Waals surface area contributed by atoms with E-state index in [0.29, 0.717) is 21.5 Å². The summed E-state index contributed by atoms with van der Waals surface area (Å²) in [7, 11) is 1.56. The topological polar surface area (TPSA) is 67.4 Å². The summed E-state index contributed by atoms with van der Waals surface area (Å²) >= 11 is 11.9. The van der Waals surface area contributed by atoms with Crippen molar-refractivity contribution in [3.8, 4) is 5.75 Å². The minimum Gasteiger partial charge on any atom is -0.496 e. The van der Waals surface area contributed by atoms with Gasteiger partial charge in [0.05, 0.1) is 22.8 Å². The number of anilines is 1. The highest BCUT2D eigenvalue weighted by Gasteiger charge is 2.13. The summed E-state index contributed by atoms with van der Waals surface area (Å²) in [5.41, 5.74) is 1.12. The summed E-state index contributed by atoms with van der Waals surface area (Å²) in [6.07, 6.45) is -0.337. The molecule has 0 aliphatic carbocycles. The Balaban J connectivity index is 1.89. The molecule has 2 amide bonds. The molecule has 0 atom stereocenters. The van der Waals surface area contributed by atoms with E-state index >= 15 is 0 Å². The molecule has 0 saturated carbocycles. The van der Waals surface area contributed by atoms with Crippen molar-refractivity contribution in [3.05, 3.63) is 58.1 Å². The van der Waals surface area contributed by atoms with Crippen LogP contribution >= 0.6 is 23.2 Å². The van der Waals surface area contributed by atoms with E-state index in [0.717, 1.165) is 5.56 Å². The Morgan fingerprint density at radius 2 is 1.67 bits per heavy atom. The Morgan fingerprint density at radius 3 is 2.33 bits per heavy atom. The van der Waals surface area contributed by atoms with Crippen LogP contribution in [-0.4, -0.2) is 18.9 Å². The molecule has 0 bridgehead atoms. The maximum Gasteiger partial charge on any atom is 0.233 e. The predicted octanol–water partition coefficient (Wildman–Crippen LogP) is 3.65. The fourth-order valence-corrected chi connectivity index (χ4v) is 2.54. The lowest BCUT2D eigenvalue weighted by molar-refractivity contribution is -0.126. The molecule has 0 heterocycles. The maximum atomic E-state index is 11.9. The molecule has 0 spiro atoms. The largest absolute Gasteiger partial charge is 0.496 e. The van der Waals surface area contributed by atoms with Crippen LogP contribution in [0.4, 0.5) is 5.69 Å². The quantitative estimate of drug-likeness (QED) is 0.766. The number of benzene rings is 2. The number of nitrogens with one attached hydrogen (secondary N) is 2. The Hall–Kier alpha value is -2.24. The van der Waals surface area contributed by atoms with Crippen LogP contribution in [0.3, 0.4) is 0 Å². The van der Waals surface area contributed by atoms with Crippen LogP contribution < -0.4 is 15.4 Å². The third-order valence-corrected chi connectivity index (χ3v) is 3.85. The summed E-state index contributed by atoms with van der Waals surface area (Å²) in [6.45, 7) is 0.267. The van der Waals surface area contributed by atoms with E-state index in [1.54, 1.807) is 31.4 Å². The lowest BCUT2D eigenvalue weighted by atomic mass is 10.2. The van der Waals surface area contributed by atoms with Crippen LogP contribution in [0.25, 0.3) is 0 Å². The first kappa shape index (κ1) is 18.1. The van der Waals surface area contributed by atoms with Crippen molar-refractivity contribution in [1.82, 2.24) is 5.32 Å². The number of amides is 2. The minimum absolute atomic E-state index is 0.267. The average Bonchev–Trinajstić information content (AvgIpc) is 2.56. The molecule has 2 aromatic rings. The summed E-state index contributed by atoms with van der Waals surface area (Å²) in [6, 6.07) is 12.2. The van der Waals surface area contributed by atoms with Crippen molar-refractivity contribution in [2.24, 2.45) is 0 Å². The summed E-state index contributed by atoms with van der Waals surface area (Å²) < 4.78 is 5.20. The van der Waals surface area contributed by atoms with Crippen molar-refractivity contribution in [3.63, 3.8) is 0 Å². The molecule has 7 heteroatoms. The number of hydrogen-bond donors (Lipinski definition) is 2. The van der Waals surface area contributed by atoms with Gasteiger partial charge in [-0.05, 0) is 18.2 Å². The number of para-hydroxylation sites is 2. The first-order valence-corrected chi connectivity index (χ1v) is 7.89. The fourth-order valence-electron chi connectivity index (χ4n) is 2.05. The summed E-state index contributed by atoms with van der Waals surface area (Å²) in [4.78, 5) is 23.9. The molecule has 0 aliphatic rings. The number of hydrogen-bond acceptors (Lipinski definition) is 3. The average molecular weight is 367 g/mol. The second kappa shape index (κ2) is 8.57. The van der Waals surface area contributed by atoms with Gasteiger partial charge in [0.25, 0.3) is 0 Å². The van der Waals surface area contributed by atoms with Crippen molar-refractivity contribution in [2.45, 2.75) is 13.0 Å². The number of carbonyl (C=O) groups excluding carboxylic acids is 2. The Kier molecular flexibility index (Phi) is 6.46. The van der Waals surface area contributed by atoms with Gasteiger partial charge in [-0.25, -0.2) is 0 Å². The third-order valence-electron chi connectivity index (χ3n) is 3.22. The summed E-state index contributed by atoms with van der Waals surface area (Å²) in [5, 5.41) is 5.84. The molecule has 0 aromatic heterocycles. The molecule has 126 valence electrons. The molecular weight excluding hydrogens is 351 g/mol. The van der Waals surface area contributed by atoms with Crippen LogP contribution in [0.1, 0.15) is 12.0 Å². The number of carbonyl (C=O) groups is 2. The zero-order valence-corrected chi connectivity index (χ0v) is 14.4. The molecule has 0 aliphatic heterocycles. The molecule has 0 fully saturated rings. The number of rotatable bonds is 6. The van der Waals surface area contributed by atoms with Gasteiger partial charge in [0, 0.05) is 12.1 Å². The molecule has 2 N–H and O–H groups in total. The van der Waals surface area contributed by atoms with E-state index in [9.17, 15) is 9.59 Å². The lowest BCUT2D eigenvalue weighted by Crippen LogP contribution is -2.28. The van der Waals surface area contributed by atoms with Crippen LogP contribution in [0.2, 0.25) is 10.0 Å². The van der Waals surface area contributed by atoms with Crippen LogP contribution in [0, 0.1) is 0 Å². The Morgan fingerprint density at radius 1 is 1.00 bits per heavy atom. The molecule has 0 radical (unpaired) electrons. The number of ether oxygens (including phenoxy) is 1.